The van der Waals surface area contributed by atoms with Crippen molar-refractivity contribution in [1.29, 1.82) is 0 Å². The minimum absolute atomic E-state index is 0.102. The van der Waals surface area contributed by atoms with E-state index in [1.54, 1.807) is 14.1 Å². The van der Waals surface area contributed by atoms with Gasteiger partial charge in [0.1, 0.15) is 6.34 Å². The summed E-state index contributed by atoms with van der Waals surface area (Å²) in [7, 11) is -0.399. The zero-order valence-corrected chi connectivity index (χ0v) is 11.3. The van der Waals surface area contributed by atoms with Gasteiger partial charge in [-0.3, -0.25) is 0 Å². The first-order chi connectivity index (χ1) is 8.19. The Morgan fingerprint density at radius 3 is 2.17 bits per heavy atom. The van der Waals surface area contributed by atoms with Crippen molar-refractivity contribution in [2.45, 2.75) is 25.2 Å². The number of piperidine rings is 1. The van der Waals surface area contributed by atoms with E-state index in [2.05, 4.69) is 4.40 Å². The summed E-state index contributed by atoms with van der Waals surface area (Å²) in [6.07, 6.45) is 1.54. The maximum absolute atomic E-state index is 13.1. The van der Waals surface area contributed by atoms with Crippen molar-refractivity contribution in [2.24, 2.45) is 9.81 Å². The maximum Gasteiger partial charge on any atom is 0.323 e. The van der Waals surface area contributed by atoms with Crippen molar-refractivity contribution >= 4 is 16.5 Å². The van der Waals surface area contributed by atoms with Crippen molar-refractivity contribution in [2.75, 3.05) is 27.2 Å². The second kappa shape index (κ2) is 4.12. The van der Waals surface area contributed by atoms with Gasteiger partial charge in [0.15, 0.2) is 0 Å². The Kier molecular flexibility index (Phi) is 3.13. The summed E-state index contributed by atoms with van der Waals surface area (Å²) in [4.78, 5) is 1.51. The number of hydrogen-bond donors (Lipinski definition) is 0. The largest absolute Gasteiger partial charge is 0.368 e. The molecule has 8 heteroatoms. The molecule has 0 bridgehead atoms. The molecule has 0 amide bonds. The highest BCUT2D eigenvalue weighted by molar-refractivity contribution is 7.87. The highest BCUT2D eigenvalue weighted by atomic mass is 32.2. The molecule has 0 atom stereocenters. The van der Waals surface area contributed by atoms with E-state index in [-0.39, 0.29) is 32.4 Å². The Morgan fingerprint density at radius 1 is 1.28 bits per heavy atom. The molecule has 0 aromatic heterocycles. The lowest BCUT2D eigenvalue weighted by atomic mass is 9.94. The Balaban J connectivity index is 1.98. The van der Waals surface area contributed by atoms with E-state index >= 15 is 0 Å². The summed E-state index contributed by atoms with van der Waals surface area (Å²) in [5.74, 6) is -2.60. The zero-order chi connectivity index (χ0) is 13.6. The first-order valence-electron chi connectivity index (χ1n) is 5.78. The molecule has 5 nitrogen and oxygen atoms in total. The van der Waals surface area contributed by atoms with Crippen LogP contribution in [0.3, 0.4) is 0 Å². The second-order valence-corrected chi connectivity index (χ2v) is 6.85. The Morgan fingerprint density at radius 2 is 1.78 bits per heavy atom. The average molecular weight is 281 g/mol. The quantitative estimate of drug-likeness (QED) is 0.571. The molecule has 1 spiro atoms. The third-order valence-electron chi connectivity index (χ3n) is 3.63. The van der Waals surface area contributed by atoms with Gasteiger partial charge >= 0.3 is 10.2 Å². The highest BCUT2D eigenvalue weighted by Gasteiger charge is 2.70. The zero-order valence-electron chi connectivity index (χ0n) is 10.4. The van der Waals surface area contributed by atoms with E-state index in [0.717, 1.165) is 0 Å². The van der Waals surface area contributed by atoms with Gasteiger partial charge in [-0.2, -0.15) is 12.7 Å². The molecule has 0 unspecified atom stereocenters. The van der Waals surface area contributed by atoms with Gasteiger partial charge in [-0.1, -0.05) is 0 Å². The molecule has 18 heavy (non-hydrogen) atoms. The van der Waals surface area contributed by atoms with E-state index in [4.69, 9.17) is 0 Å². The van der Waals surface area contributed by atoms with Gasteiger partial charge in [0.2, 0.25) is 0 Å². The van der Waals surface area contributed by atoms with Crippen molar-refractivity contribution in [3.63, 3.8) is 0 Å². The molecule has 104 valence electrons. The summed E-state index contributed by atoms with van der Waals surface area (Å²) < 4.78 is 54.6. The van der Waals surface area contributed by atoms with Crippen molar-refractivity contribution in [3.05, 3.63) is 0 Å². The second-order valence-electron chi connectivity index (χ2n) is 5.22. The smallest absolute Gasteiger partial charge is 0.323 e. The fourth-order valence-corrected chi connectivity index (χ4v) is 3.37. The van der Waals surface area contributed by atoms with Gasteiger partial charge in [-0.25, -0.2) is 8.78 Å². The van der Waals surface area contributed by atoms with Crippen molar-refractivity contribution in [3.8, 4) is 0 Å². The SMILES string of the molecule is CN(C)C=NS(=O)(=O)N1CCC2(CC1)CC2(F)F. The number of alkyl halides is 2. The van der Waals surface area contributed by atoms with Crippen LogP contribution in [0.2, 0.25) is 0 Å². The molecule has 1 heterocycles. The van der Waals surface area contributed by atoms with Crippen LogP contribution in [0.5, 0.6) is 0 Å². The molecule has 1 aliphatic heterocycles. The lowest BCUT2D eigenvalue weighted by Gasteiger charge is -2.29. The fourth-order valence-electron chi connectivity index (χ4n) is 2.29. The molecule has 1 aliphatic carbocycles. The van der Waals surface area contributed by atoms with Crippen molar-refractivity contribution in [1.82, 2.24) is 9.21 Å². The third-order valence-corrected chi connectivity index (χ3v) is 5.01. The molecule has 0 N–H and O–H groups in total. The van der Waals surface area contributed by atoms with E-state index in [1.165, 1.54) is 15.5 Å². The number of halogens is 2. The van der Waals surface area contributed by atoms with Crippen LogP contribution >= 0.6 is 0 Å². The molecule has 0 aromatic carbocycles. The molecular formula is C10H17F2N3O2S. The molecule has 2 rings (SSSR count). The number of hydrogen-bond acceptors (Lipinski definition) is 2. The molecule has 2 fully saturated rings. The Labute approximate surface area is 106 Å². The van der Waals surface area contributed by atoms with Crippen molar-refractivity contribution < 1.29 is 17.2 Å². The predicted molar refractivity (Wildman–Crippen MR) is 63.9 cm³/mol. The first kappa shape index (κ1) is 13.7. The predicted octanol–water partition coefficient (Wildman–Crippen LogP) is 0.942. The summed E-state index contributed by atoms with van der Waals surface area (Å²) in [5, 5.41) is 0. The summed E-state index contributed by atoms with van der Waals surface area (Å²) in [5.41, 5.74) is -0.940. The third kappa shape index (κ3) is 2.35. The normalized spacial score (nSPS) is 26.7. The van der Waals surface area contributed by atoms with E-state index in [0.29, 0.717) is 0 Å². The minimum atomic E-state index is -3.72. The van der Waals surface area contributed by atoms with Gasteiger partial charge in [0, 0.05) is 39.0 Å². The standard InChI is InChI=1S/C10H17F2N3O2S/c1-14(2)8-13-18(16,17)15-5-3-9(4-6-15)7-10(9,11)12/h8H,3-7H2,1-2H3. The fraction of sp³-hybridized carbons (Fsp3) is 0.900. The summed E-state index contributed by atoms with van der Waals surface area (Å²) in [6, 6.07) is 0. The average Bonchev–Trinajstić information content (AvgIpc) is 2.77. The molecule has 0 aromatic rings. The molecule has 0 radical (unpaired) electrons. The molecular weight excluding hydrogens is 264 g/mol. The van der Waals surface area contributed by atoms with Crippen LogP contribution in [0, 0.1) is 5.41 Å². The Bertz CT molecular complexity index is 454. The number of nitrogens with zero attached hydrogens (tertiary/aromatic N) is 3. The van der Waals surface area contributed by atoms with Crippen LogP contribution in [0.4, 0.5) is 8.78 Å². The first-order valence-corrected chi connectivity index (χ1v) is 7.18. The van der Waals surface area contributed by atoms with E-state index < -0.39 is 21.5 Å². The molecule has 1 saturated carbocycles. The lowest BCUT2D eigenvalue weighted by Crippen LogP contribution is -2.39. The van der Waals surface area contributed by atoms with Crippen LogP contribution in [0.25, 0.3) is 0 Å². The highest BCUT2D eigenvalue weighted by Crippen LogP contribution is 2.65. The van der Waals surface area contributed by atoms with Gasteiger partial charge in [0.05, 0.1) is 0 Å². The maximum atomic E-state index is 13.1. The van der Waals surface area contributed by atoms with Gasteiger partial charge < -0.3 is 4.90 Å². The topological polar surface area (TPSA) is 53.0 Å². The van der Waals surface area contributed by atoms with Crippen LogP contribution in [-0.4, -0.2) is 57.1 Å². The minimum Gasteiger partial charge on any atom is -0.368 e. The van der Waals surface area contributed by atoms with Gasteiger partial charge in [-0.15, -0.1) is 4.40 Å². The number of rotatable bonds is 3. The van der Waals surface area contributed by atoms with Crippen LogP contribution < -0.4 is 0 Å². The lowest BCUT2D eigenvalue weighted by molar-refractivity contribution is 0.0426. The summed E-state index contributed by atoms with van der Waals surface area (Å²) in [6.45, 7) is 0.255. The van der Waals surface area contributed by atoms with E-state index in [9.17, 15) is 17.2 Å². The van der Waals surface area contributed by atoms with Gasteiger partial charge in [0.25, 0.3) is 5.92 Å². The van der Waals surface area contributed by atoms with Gasteiger partial charge in [-0.05, 0) is 12.8 Å². The molecule has 2 aliphatic rings. The Hall–Kier alpha value is -0.760. The summed E-state index contributed by atoms with van der Waals surface area (Å²) >= 11 is 0. The monoisotopic (exact) mass is 281 g/mol. The molecule has 1 saturated heterocycles. The van der Waals surface area contributed by atoms with Crippen LogP contribution in [-0.2, 0) is 10.2 Å². The van der Waals surface area contributed by atoms with Crippen LogP contribution in [0.1, 0.15) is 19.3 Å². The van der Waals surface area contributed by atoms with E-state index in [1.807, 2.05) is 0 Å². The van der Waals surface area contributed by atoms with Crippen LogP contribution in [0.15, 0.2) is 4.40 Å².